The summed E-state index contributed by atoms with van der Waals surface area (Å²) in [7, 11) is 0. The van der Waals surface area contributed by atoms with Gasteiger partial charge in [-0.25, -0.2) is 0 Å². The van der Waals surface area contributed by atoms with Gasteiger partial charge in [0.05, 0.1) is 13.2 Å². The number of unbranched alkanes of at least 4 members (excludes halogenated alkanes) is 2. The summed E-state index contributed by atoms with van der Waals surface area (Å²) in [6.07, 6.45) is 5.32. The highest BCUT2D eigenvalue weighted by molar-refractivity contribution is 5.75. The van der Waals surface area contributed by atoms with Crippen molar-refractivity contribution >= 4 is 5.96 Å². The van der Waals surface area contributed by atoms with Gasteiger partial charge in [-0.05, 0) is 89.8 Å². The zero-order chi connectivity index (χ0) is 29.2. The SMILES string of the molecule is CCc1cc(C(C)(C)C)cc(Cc2cc(C(C)(C)C)cc(C)c2OCCCCN)c1OCCCCN=C(N)N. The van der Waals surface area contributed by atoms with Crippen molar-refractivity contribution in [1.82, 2.24) is 0 Å². The van der Waals surface area contributed by atoms with Crippen molar-refractivity contribution in [2.24, 2.45) is 22.2 Å². The van der Waals surface area contributed by atoms with E-state index in [0.717, 1.165) is 50.0 Å². The fourth-order valence-corrected chi connectivity index (χ4v) is 4.61. The zero-order valence-corrected chi connectivity index (χ0v) is 25.9. The number of hydrogen-bond acceptors (Lipinski definition) is 4. The molecule has 0 atom stereocenters. The lowest BCUT2D eigenvalue weighted by Gasteiger charge is -2.26. The molecule has 2 aromatic carbocycles. The molecular weight excluding hydrogens is 484 g/mol. The first-order valence-electron chi connectivity index (χ1n) is 14.6. The Kier molecular flexibility index (Phi) is 12.2. The van der Waals surface area contributed by atoms with Gasteiger partial charge in [0.15, 0.2) is 5.96 Å². The summed E-state index contributed by atoms with van der Waals surface area (Å²) in [4.78, 5) is 4.09. The monoisotopic (exact) mass is 538 g/mol. The summed E-state index contributed by atoms with van der Waals surface area (Å²) in [5.74, 6) is 2.13. The number of guanidine groups is 1. The molecule has 0 aromatic heterocycles. The smallest absolute Gasteiger partial charge is 0.185 e. The number of nitrogens with two attached hydrogens (primary N) is 3. The second-order valence-corrected chi connectivity index (χ2v) is 12.6. The van der Waals surface area contributed by atoms with Crippen LogP contribution in [0.2, 0.25) is 0 Å². The minimum atomic E-state index is 0.0298. The molecule has 39 heavy (non-hydrogen) atoms. The van der Waals surface area contributed by atoms with Crippen LogP contribution < -0.4 is 26.7 Å². The van der Waals surface area contributed by atoms with Gasteiger partial charge in [0.2, 0.25) is 0 Å². The molecule has 0 unspecified atom stereocenters. The van der Waals surface area contributed by atoms with E-state index in [2.05, 4.69) is 84.6 Å². The van der Waals surface area contributed by atoms with Gasteiger partial charge in [-0.1, -0.05) is 72.7 Å². The van der Waals surface area contributed by atoms with Gasteiger partial charge in [0, 0.05) is 13.0 Å². The van der Waals surface area contributed by atoms with Crippen LogP contribution in [-0.4, -0.2) is 32.3 Å². The molecule has 6 heteroatoms. The maximum atomic E-state index is 6.52. The number of nitrogens with zero attached hydrogens (tertiary/aromatic N) is 1. The third-order valence-electron chi connectivity index (χ3n) is 7.03. The minimum absolute atomic E-state index is 0.0298. The van der Waals surface area contributed by atoms with Crippen molar-refractivity contribution in [3.8, 4) is 11.5 Å². The number of ether oxygens (including phenoxy) is 2. The van der Waals surface area contributed by atoms with E-state index >= 15 is 0 Å². The van der Waals surface area contributed by atoms with Crippen LogP contribution in [0.1, 0.15) is 108 Å². The molecule has 2 aromatic rings. The zero-order valence-electron chi connectivity index (χ0n) is 25.9. The van der Waals surface area contributed by atoms with E-state index in [9.17, 15) is 0 Å². The van der Waals surface area contributed by atoms with Crippen molar-refractivity contribution < 1.29 is 9.47 Å². The summed E-state index contributed by atoms with van der Waals surface area (Å²) >= 11 is 0. The molecule has 218 valence electrons. The number of benzene rings is 2. The highest BCUT2D eigenvalue weighted by Gasteiger charge is 2.23. The number of aliphatic imine (C=N–C) groups is 1. The van der Waals surface area contributed by atoms with Crippen LogP contribution in [0.4, 0.5) is 0 Å². The molecule has 0 bridgehead atoms. The first kappa shape index (κ1) is 32.5. The maximum absolute atomic E-state index is 6.52. The third-order valence-corrected chi connectivity index (χ3v) is 7.03. The van der Waals surface area contributed by atoms with Gasteiger partial charge in [0.25, 0.3) is 0 Å². The van der Waals surface area contributed by atoms with Crippen molar-refractivity contribution in [3.05, 3.63) is 57.6 Å². The first-order valence-corrected chi connectivity index (χ1v) is 14.6. The quantitative estimate of drug-likeness (QED) is 0.149. The number of hydrogen-bond donors (Lipinski definition) is 3. The van der Waals surface area contributed by atoms with Gasteiger partial charge >= 0.3 is 0 Å². The summed E-state index contributed by atoms with van der Waals surface area (Å²) in [5, 5.41) is 0. The lowest BCUT2D eigenvalue weighted by atomic mass is 9.82. The van der Waals surface area contributed by atoms with Gasteiger partial charge in [-0.3, -0.25) is 4.99 Å². The van der Waals surface area contributed by atoms with E-state index in [0.29, 0.717) is 26.3 Å². The summed E-state index contributed by atoms with van der Waals surface area (Å²) < 4.78 is 12.9. The topological polar surface area (TPSA) is 109 Å². The number of aryl methyl sites for hydroxylation is 2. The minimum Gasteiger partial charge on any atom is -0.493 e. The Morgan fingerprint density at radius 1 is 0.744 bits per heavy atom. The fourth-order valence-electron chi connectivity index (χ4n) is 4.61. The Balaban J connectivity index is 2.53. The molecule has 2 rings (SSSR count). The summed E-state index contributed by atoms with van der Waals surface area (Å²) in [5.41, 5.74) is 24.2. The van der Waals surface area contributed by atoms with Crippen LogP contribution in [-0.2, 0) is 23.7 Å². The molecule has 0 aliphatic heterocycles. The Labute approximate surface area is 237 Å². The van der Waals surface area contributed by atoms with Gasteiger partial charge in [-0.2, -0.15) is 0 Å². The van der Waals surface area contributed by atoms with Crippen LogP contribution in [0.25, 0.3) is 0 Å². The molecular formula is C33H54N4O2. The highest BCUT2D eigenvalue weighted by atomic mass is 16.5. The average molecular weight is 539 g/mol. The largest absolute Gasteiger partial charge is 0.493 e. The van der Waals surface area contributed by atoms with Crippen molar-refractivity contribution in [2.45, 2.75) is 105 Å². The lowest BCUT2D eigenvalue weighted by Crippen LogP contribution is -2.23. The van der Waals surface area contributed by atoms with E-state index in [1.807, 2.05) is 0 Å². The van der Waals surface area contributed by atoms with Crippen LogP contribution in [0, 0.1) is 6.92 Å². The lowest BCUT2D eigenvalue weighted by molar-refractivity contribution is 0.299. The van der Waals surface area contributed by atoms with Gasteiger partial charge in [0.1, 0.15) is 11.5 Å². The number of rotatable bonds is 14. The van der Waals surface area contributed by atoms with Crippen LogP contribution in [0.15, 0.2) is 29.3 Å². The Morgan fingerprint density at radius 2 is 1.26 bits per heavy atom. The Hall–Kier alpha value is -2.73. The maximum Gasteiger partial charge on any atom is 0.185 e. The predicted molar refractivity (Wildman–Crippen MR) is 166 cm³/mol. The molecule has 0 amide bonds. The third kappa shape index (κ3) is 10.1. The second-order valence-electron chi connectivity index (χ2n) is 12.6. The normalized spacial score (nSPS) is 11.9. The molecule has 6 N–H and O–H groups in total. The van der Waals surface area contributed by atoms with E-state index < -0.39 is 0 Å². The predicted octanol–water partition coefficient (Wildman–Crippen LogP) is 6.29. The molecule has 0 heterocycles. The Morgan fingerprint density at radius 3 is 1.79 bits per heavy atom. The molecule has 0 saturated heterocycles. The van der Waals surface area contributed by atoms with E-state index in [-0.39, 0.29) is 16.8 Å². The highest BCUT2D eigenvalue weighted by Crippen LogP contribution is 2.38. The standard InChI is InChI=1S/C33H54N4O2/c1-9-24-20-28(33(6,7)8)22-26(30(24)39-17-13-11-15-37-31(35)36)19-25-21-27(32(3,4)5)18-23(2)29(25)38-16-12-10-14-34/h18,20-22H,9-17,19,34H2,1-8H3,(H4,35,36,37). The van der Waals surface area contributed by atoms with Crippen molar-refractivity contribution in [3.63, 3.8) is 0 Å². The first-order chi connectivity index (χ1) is 18.3. The van der Waals surface area contributed by atoms with Crippen LogP contribution in [0.5, 0.6) is 11.5 Å². The van der Waals surface area contributed by atoms with Crippen LogP contribution >= 0.6 is 0 Å². The van der Waals surface area contributed by atoms with Crippen molar-refractivity contribution in [2.75, 3.05) is 26.3 Å². The second kappa shape index (κ2) is 14.6. The molecule has 0 spiro atoms. The van der Waals surface area contributed by atoms with Gasteiger partial charge in [-0.15, -0.1) is 0 Å². The van der Waals surface area contributed by atoms with Crippen molar-refractivity contribution in [1.29, 1.82) is 0 Å². The molecule has 0 aliphatic rings. The average Bonchev–Trinajstić information content (AvgIpc) is 2.83. The fraction of sp³-hybridized carbons (Fsp3) is 0.606. The van der Waals surface area contributed by atoms with Gasteiger partial charge < -0.3 is 26.7 Å². The molecule has 6 nitrogen and oxygen atoms in total. The van der Waals surface area contributed by atoms with Crippen LogP contribution in [0.3, 0.4) is 0 Å². The summed E-state index contributed by atoms with van der Waals surface area (Å²) in [6.45, 7) is 20.6. The molecule has 0 saturated carbocycles. The molecule has 0 radical (unpaired) electrons. The van der Waals surface area contributed by atoms with E-state index in [4.69, 9.17) is 26.7 Å². The van der Waals surface area contributed by atoms with E-state index in [1.165, 1.54) is 33.4 Å². The summed E-state index contributed by atoms with van der Waals surface area (Å²) in [6, 6.07) is 9.27. The molecule has 0 fully saturated rings. The van der Waals surface area contributed by atoms with E-state index in [1.54, 1.807) is 0 Å². The molecule has 0 aliphatic carbocycles. The Bertz CT molecular complexity index is 1090.